The molecule has 1 N–H and O–H groups in total. The summed E-state index contributed by atoms with van der Waals surface area (Å²) < 4.78 is 26.5. The van der Waals surface area contributed by atoms with Gasteiger partial charge in [0.1, 0.15) is 11.6 Å². The van der Waals surface area contributed by atoms with Gasteiger partial charge < -0.3 is 4.98 Å². The van der Waals surface area contributed by atoms with E-state index in [0.717, 1.165) is 34.4 Å². The fraction of sp³-hybridized carbons (Fsp3) is 0.118. The topological polar surface area (TPSA) is 32.9 Å². The van der Waals surface area contributed by atoms with E-state index in [1.165, 1.54) is 12.1 Å². The number of ketones is 1. The van der Waals surface area contributed by atoms with Gasteiger partial charge in [-0.05, 0) is 25.1 Å². The molecule has 112 valence electrons. The van der Waals surface area contributed by atoms with Crippen LogP contribution in [0.2, 0.25) is 0 Å². The maximum Gasteiger partial charge on any atom is 0.175 e. The van der Waals surface area contributed by atoms with Crippen molar-refractivity contribution in [2.75, 3.05) is 5.75 Å². The van der Waals surface area contributed by atoms with E-state index in [2.05, 4.69) is 4.98 Å². The van der Waals surface area contributed by atoms with Gasteiger partial charge in [0.15, 0.2) is 5.78 Å². The minimum atomic E-state index is -0.645. The van der Waals surface area contributed by atoms with Crippen LogP contribution in [0.5, 0.6) is 0 Å². The molecule has 22 heavy (non-hydrogen) atoms. The fourth-order valence-electron chi connectivity index (χ4n) is 2.44. The van der Waals surface area contributed by atoms with Crippen LogP contribution in [0, 0.1) is 18.6 Å². The Kier molecular flexibility index (Phi) is 3.98. The Morgan fingerprint density at radius 3 is 2.73 bits per heavy atom. The average Bonchev–Trinajstić information content (AvgIpc) is 2.82. The highest BCUT2D eigenvalue weighted by Crippen LogP contribution is 2.27. The second-order valence-electron chi connectivity index (χ2n) is 4.96. The number of H-pyrrole nitrogens is 1. The molecule has 0 amide bonds. The third kappa shape index (κ3) is 2.76. The van der Waals surface area contributed by atoms with Gasteiger partial charge in [-0.25, -0.2) is 8.78 Å². The van der Waals surface area contributed by atoms with E-state index in [0.29, 0.717) is 5.56 Å². The van der Waals surface area contributed by atoms with E-state index >= 15 is 0 Å². The second-order valence-corrected chi connectivity index (χ2v) is 5.97. The van der Waals surface area contributed by atoms with Crippen LogP contribution in [0.1, 0.15) is 16.1 Å². The van der Waals surface area contributed by atoms with Gasteiger partial charge >= 0.3 is 0 Å². The lowest BCUT2D eigenvalue weighted by Crippen LogP contribution is -2.04. The van der Waals surface area contributed by atoms with Crippen molar-refractivity contribution in [3.8, 4) is 0 Å². The first kappa shape index (κ1) is 14.8. The first-order chi connectivity index (χ1) is 10.6. The predicted molar refractivity (Wildman–Crippen MR) is 84.4 cm³/mol. The fourth-order valence-corrected chi connectivity index (χ4v) is 3.24. The molecule has 0 aliphatic heterocycles. The standard InChI is InChI=1S/C17H13F2NOS/c1-10-17(12-4-2-3-5-14(12)20-10)15(21)9-22-16-7-6-11(18)8-13(16)19/h2-8,20H,9H2,1H3. The molecule has 1 heterocycles. The number of thioether (sulfide) groups is 1. The molecule has 2 nitrogen and oxygen atoms in total. The number of aromatic amines is 1. The Labute approximate surface area is 130 Å². The van der Waals surface area contributed by atoms with Gasteiger partial charge in [0, 0.05) is 33.1 Å². The Morgan fingerprint density at radius 2 is 1.95 bits per heavy atom. The Hall–Kier alpha value is -2.14. The number of halogens is 2. The molecule has 0 aliphatic carbocycles. The van der Waals surface area contributed by atoms with E-state index in [-0.39, 0.29) is 16.4 Å². The number of carbonyl (C=O) groups excluding carboxylic acids is 1. The van der Waals surface area contributed by atoms with Crippen molar-refractivity contribution in [3.63, 3.8) is 0 Å². The summed E-state index contributed by atoms with van der Waals surface area (Å²) in [7, 11) is 0. The van der Waals surface area contributed by atoms with Crippen LogP contribution >= 0.6 is 11.8 Å². The van der Waals surface area contributed by atoms with Gasteiger partial charge in [0.25, 0.3) is 0 Å². The number of carbonyl (C=O) groups is 1. The molecule has 3 rings (SSSR count). The normalized spacial score (nSPS) is 11.0. The summed E-state index contributed by atoms with van der Waals surface area (Å²) >= 11 is 1.07. The molecule has 2 aromatic carbocycles. The lowest BCUT2D eigenvalue weighted by Gasteiger charge is -2.04. The van der Waals surface area contributed by atoms with E-state index in [4.69, 9.17) is 0 Å². The zero-order valence-electron chi connectivity index (χ0n) is 11.8. The number of aryl methyl sites for hydroxylation is 1. The zero-order chi connectivity index (χ0) is 15.7. The van der Waals surface area contributed by atoms with Crippen LogP contribution in [-0.4, -0.2) is 16.5 Å². The lowest BCUT2D eigenvalue weighted by molar-refractivity contribution is 0.102. The number of rotatable bonds is 4. The van der Waals surface area contributed by atoms with Crippen LogP contribution in [-0.2, 0) is 0 Å². The van der Waals surface area contributed by atoms with Gasteiger partial charge in [-0.3, -0.25) is 4.79 Å². The van der Waals surface area contributed by atoms with Crippen molar-refractivity contribution < 1.29 is 13.6 Å². The SMILES string of the molecule is Cc1[nH]c2ccccc2c1C(=O)CSc1ccc(F)cc1F. The van der Waals surface area contributed by atoms with E-state index < -0.39 is 11.6 Å². The molecule has 0 saturated heterocycles. The molecule has 0 atom stereocenters. The molecule has 0 bridgehead atoms. The number of hydrogen-bond acceptors (Lipinski definition) is 2. The first-order valence-electron chi connectivity index (χ1n) is 6.74. The molecular weight excluding hydrogens is 304 g/mol. The van der Waals surface area contributed by atoms with Crippen molar-refractivity contribution >= 4 is 28.4 Å². The molecule has 5 heteroatoms. The minimum Gasteiger partial charge on any atom is -0.358 e. The molecule has 3 aromatic rings. The molecule has 0 saturated carbocycles. The quantitative estimate of drug-likeness (QED) is 0.557. The third-order valence-corrected chi connectivity index (χ3v) is 4.47. The van der Waals surface area contributed by atoms with Crippen molar-refractivity contribution in [2.24, 2.45) is 0 Å². The molecular formula is C17H13F2NOS. The van der Waals surface area contributed by atoms with Gasteiger partial charge in [0.05, 0.1) is 5.75 Å². The van der Waals surface area contributed by atoms with Crippen LogP contribution in [0.4, 0.5) is 8.78 Å². The van der Waals surface area contributed by atoms with Crippen molar-refractivity contribution in [1.82, 2.24) is 4.98 Å². The number of Topliss-reactive ketones (excluding diaryl/α,β-unsaturated/α-hetero) is 1. The summed E-state index contributed by atoms with van der Waals surface area (Å²) in [5.41, 5.74) is 2.33. The highest BCUT2D eigenvalue weighted by Gasteiger charge is 2.16. The van der Waals surface area contributed by atoms with Crippen molar-refractivity contribution in [2.45, 2.75) is 11.8 Å². The Morgan fingerprint density at radius 1 is 1.18 bits per heavy atom. The molecule has 0 aliphatic rings. The number of benzene rings is 2. The number of fused-ring (bicyclic) bond motifs is 1. The molecule has 0 unspecified atom stereocenters. The first-order valence-corrected chi connectivity index (χ1v) is 7.73. The maximum atomic E-state index is 13.6. The highest BCUT2D eigenvalue weighted by atomic mass is 32.2. The Bertz CT molecular complexity index is 857. The smallest absolute Gasteiger partial charge is 0.175 e. The van der Waals surface area contributed by atoms with E-state index in [1.54, 1.807) is 0 Å². The van der Waals surface area contributed by atoms with Crippen LogP contribution in [0.15, 0.2) is 47.4 Å². The molecule has 0 fully saturated rings. The largest absolute Gasteiger partial charge is 0.358 e. The number of nitrogens with one attached hydrogen (secondary N) is 1. The summed E-state index contributed by atoms with van der Waals surface area (Å²) in [5.74, 6) is -1.25. The maximum absolute atomic E-state index is 13.6. The molecule has 0 spiro atoms. The number of hydrogen-bond donors (Lipinski definition) is 1. The van der Waals surface area contributed by atoms with Crippen LogP contribution in [0.25, 0.3) is 10.9 Å². The summed E-state index contributed by atoms with van der Waals surface area (Å²) in [6, 6.07) is 10.9. The van der Waals surface area contributed by atoms with E-state index in [9.17, 15) is 13.6 Å². The summed E-state index contributed by atoms with van der Waals surface area (Å²) in [6.07, 6.45) is 0. The van der Waals surface area contributed by atoms with Crippen molar-refractivity contribution in [3.05, 3.63) is 65.4 Å². The predicted octanol–water partition coefficient (Wildman–Crippen LogP) is 4.73. The van der Waals surface area contributed by atoms with Gasteiger partial charge in [-0.15, -0.1) is 11.8 Å². The summed E-state index contributed by atoms with van der Waals surface area (Å²) in [6.45, 7) is 1.84. The van der Waals surface area contributed by atoms with Gasteiger partial charge in [-0.2, -0.15) is 0 Å². The third-order valence-electron chi connectivity index (χ3n) is 3.43. The van der Waals surface area contributed by atoms with Gasteiger partial charge in [-0.1, -0.05) is 18.2 Å². The average molecular weight is 317 g/mol. The Balaban J connectivity index is 1.83. The summed E-state index contributed by atoms with van der Waals surface area (Å²) in [5, 5.41) is 0.866. The zero-order valence-corrected chi connectivity index (χ0v) is 12.6. The van der Waals surface area contributed by atoms with Crippen molar-refractivity contribution in [1.29, 1.82) is 0 Å². The number of aromatic nitrogens is 1. The van der Waals surface area contributed by atoms with Crippen LogP contribution in [0.3, 0.4) is 0 Å². The van der Waals surface area contributed by atoms with E-state index in [1.807, 2.05) is 31.2 Å². The number of para-hydroxylation sites is 1. The van der Waals surface area contributed by atoms with Gasteiger partial charge in [0.2, 0.25) is 0 Å². The lowest BCUT2D eigenvalue weighted by atomic mass is 10.1. The monoisotopic (exact) mass is 317 g/mol. The second kappa shape index (κ2) is 5.93. The van der Waals surface area contributed by atoms with Crippen LogP contribution < -0.4 is 0 Å². The molecule has 0 radical (unpaired) electrons. The minimum absolute atomic E-state index is 0.0799. The summed E-state index contributed by atoms with van der Waals surface area (Å²) in [4.78, 5) is 15.9. The highest BCUT2D eigenvalue weighted by molar-refractivity contribution is 8.00. The molecule has 1 aromatic heterocycles.